The molecule has 6 nitrogen and oxygen atoms in total. The van der Waals surface area contributed by atoms with Crippen LogP contribution in [0, 0.1) is 22.7 Å². The van der Waals surface area contributed by atoms with Crippen molar-refractivity contribution in [1.29, 1.82) is 10.5 Å². The van der Waals surface area contributed by atoms with Crippen molar-refractivity contribution >= 4 is 11.6 Å². The van der Waals surface area contributed by atoms with Crippen molar-refractivity contribution in [2.75, 3.05) is 19.0 Å². The number of nitriles is 2. The van der Waals surface area contributed by atoms with E-state index in [0.29, 0.717) is 11.4 Å². The van der Waals surface area contributed by atoms with Crippen LogP contribution in [0.5, 0.6) is 5.75 Å². The molecule has 1 rings (SSSR count). The minimum atomic E-state index is -0.610. The lowest BCUT2D eigenvalue weighted by molar-refractivity contribution is -0.112. The molecule has 0 fully saturated rings. The molecule has 0 aliphatic carbocycles. The summed E-state index contributed by atoms with van der Waals surface area (Å²) in [4.78, 5) is 12.1. The van der Waals surface area contributed by atoms with E-state index in [4.69, 9.17) is 20.0 Å². The number of hydrogen-bond acceptors (Lipinski definition) is 5. The van der Waals surface area contributed by atoms with Gasteiger partial charge in [0.25, 0.3) is 5.91 Å². The summed E-state index contributed by atoms with van der Waals surface area (Å²) in [6.07, 6.45) is -0.132. The fraction of sp³-hybridized carbons (Fsp3) is 0.267. The first kappa shape index (κ1) is 16.1. The number of hydrogen-bond donors (Lipinski definition) is 1. The minimum Gasteiger partial charge on any atom is -0.497 e. The third-order valence-electron chi connectivity index (χ3n) is 2.52. The van der Waals surface area contributed by atoms with Crippen molar-refractivity contribution in [3.05, 3.63) is 35.6 Å². The van der Waals surface area contributed by atoms with Crippen LogP contribution in [0.1, 0.15) is 13.3 Å². The molecule has 0 saturated heterocycles. The zero-order valence-corrected chi connectivity index (χ0v) is 11.8. The maximum Gasteiger partial charge on any atom is 0.269 e. The van der Waals surface area contributed by atoms with Crippen LogP contribution in [0.3, 0.4) is 0 Å². The number of nitrogens with zero attached hydrogens (tertiary/aromatic N) is 2. The molecule has 21 heavy (non-hydrogen) atoms. The highest BCUT2D eigenvalue weighted by atomic mass is 16.5. The SMILES string of the molecule is CCOC(CC#N)=C(C#N)C(=O)Nc1ccc(OC)cc1. The molecule has 1 aromatic carbocycles. The second kappa shape index (κ2) is 8.23. The first-order chi connectivity index (χ1) is 10.2. The number of ether oxygens (including phenoxy) is 2. The Kier molecular flexibility index (Phi) is 6.30. The first-order valence-corrected chi connectivity index (χ1v) is 6.24. The van der Waals surface area contributed by atoms with Gasteiger partial charge in [0, 0.05) is 5.69 Å². The molecule has 1 N–H and O–H groups in total. The normalized spacial score (nSPS) is 10.7. The van der Waals surface area contributed by atoms with Gasteiger partial charge >= 0.3 is 0 Å². The average Bonchev–Trinajstić information content (AvgIpc) is 2.49. The fourth-order valence-electron chi connectivity index (χ4n) is 1.57. The number of benzene rings is 1. The summed E-state index contributed by atoms with van der Waals surface area (Å²) in [5.74, 6) is 0.124. The van der Waals surface area contributed by atoms with Gasteiger partial charge in [-0.1, -0.05) is 0 Å². The van der Waals surface area contributed by atoms with Crippen molar-refractivity contribution in [1.82, 2.24) is 0 Å². The van der Waals surface area contributed by atoms with E-state index in [-0.39, 0.29) is 24.4 Å². The molecule has 0 aromatic heterocycles. The average molecular weight is 285 g/mol. The topological polar surface area (TPSA) is 95.1 Å². The maximum atomic E-state index is 12.1. The first-order valence-electron chi connectivity index (χ1n) is 6.24. The van der Waals surface area contributed by atoms with E-state index in [2.05, 4.69) is 5.32 Å². The molecule has 0 aliphatic rings. The Morgan fingerprint density at radius 2 is 1.95 bits per heavy atom. The third-order valence-corrected chi connectivity index (χ3v) is 2.52. The maximum absolute atomic E-state index is 12.1. The number of carbonyl (C=O) groups is 1. The number of allylic oxidation sites excluding steroid dienone is 1. The predicted molar refractivity (Wildman–Crippen MR) is 76.1 cm³/mol. The highest BCUT2D eigenvalue weighted by Crippen LogP contribution is 2.17. The van der Waals surface area contributed by atoms with Crippen LogP contribution in [-0.4, -0.2) is 19.6 Å². The fourth-order valence-corrected chi connectivity index (χ4v) is 1.57. The lowest BCUT2D eigenvalue weighted by atomic mass is 10.2. The molecule has 0 saturated carbocycles. The molecule has 0 unspecified atom stereocenters. The van der Waals surface area contributed by atoms with Crippen LogP contribution in [-0.2, 0) is 9.53 Å². The van der Waals surface area contributed by atoms with Crippen molar-refractivity contribution < 1.29 is 14.3 Å². The predicted octanol–water partition coefficient (Wildman–Crippen LogP) is 2.36. The summed E-state index contributed by atoms with van der Waals surface area (Å²) in [7, 11) is 1.54. The number of anilines is 1. The summed E-state index contributed by atoms with van der Waals surface area (Å²) in [6.45, 7) is 1.99. The molecule has 0 bridgehead atoms. The number of carbonyl (C=O) groups excluding carboxylic acids is 1. The number of nitrogens with one attached hydrogen (secondary N) is 1. The lowest BCUT2D eigenvalue weighted by Gasteiger charge is -2.09. The Balaban J connectivity index is 2.95. The van der Waals surface area contributed by atoms with Gasteiger partial charge in [0.15, 0.2) is 5.57 Å². The molecule has 0 aliphatic heterocycles. The van der Waals surface area contributed by atoms with Gasteiger partial charge in [-0.25, -0.2) is 0 Å². The molecule has 108 valence electrons. The molecule has 0 heterocycles. The van der Waals surface area contributed by atoms with E-state index in [1.807, 2.05) is 6.07 Å². The molecule has 0 atom stereocenters. The van der Waals surface area contributed by atoms with Crippen LogP contribution in [0.25, 0.3) is 0 Å². The van der Waals surface area contributed by atoms with Gasteiger partial charge in [0.1, 0.15) is 17.6 Å². The van der Waals surface area contributed by atoms with Crippen molar-refractivity contribution in [3.8, 4) is 17.9 Å². The van der Waals surface area contributed by atoms with Gasteiger partial charge in [-0.3, -0.25) is 4.79 Å². The minimum absolute atomic E-state index is 0.0773. The molecular formula is C15H15N3O3. The number of amides is 1. The van der Waals surface area contributed by atoms with Gasteiger partial charge in [-0.15, -0.1) is 0 Å². The zero-order chi connectivity index (χ0) is 15.7. The molecular weight excluding hydrogens is 270 g/mol. The van der Waals surface area contributed by atoms with E-state index in [9.17, 15) is 4.79 Å². The van der Waals surface area contributed by atoms with Crippen LogP contribution >= 0.6 is 0 Å². The summed E-state index contributed by atoms with van der Waals surface area (Å²) in [5, 5.41) is 20.4. The quantitative estimate of drug-likeness (QED) is 0.492. The summed E-state index contributed by atoms with van der Waals surface area (Å²) < 4.78 is 10.2. The van der Waals surface area contributed by atoms with Crippen molar-refractivity contribution in [2.24, 2.45) is 0 Å². The molecule has 0 spiro atoms. The summed E-state index contributed by atoms with van der Waals surface area (Å²) in [6, 6.07) is 10.3. The standard InChI is InChI=1S/C15H15N3O3/c1-3-21-14(8-9-16)13(10-17)15(19)18-11-4-6-12(20-2)7-5-11/h4-7H,3,8H2,1-2H3,(H,18,19). The van der Waals surface area contributed by atoms with E-state index in [0.717, 1.165) is 0 Å². The highest BCUT2D eigenvalue weighted by molar-refractivity contribution is 6.07. The zero-order valence-electron chi connectivity index (χ0n) is 11.8. The number of rotatable bonds is 6. The van der Waals surface area contributed by atoms with E-state index in [1.54, 1.807) is 44.4 Å². The Hall–Kier alpha value is -2.99. The number of methoxy groups -OCH3 is 1. The van der Waals surface area contributed by atoms with E-state index in [1.165, 1.54) is 0 Å². The van der Waals surface area contributed by atoms with Crippen LogP contribution in [0.15, 0.2) is 35.6 Å². The molecule has 1 aromatic rings. The van der Waals surface area contributed by atoms with Crippen LogP contribution in [0.4, 0.5) is 5.69 Å². The Bertz CT molecular complexity index is 607. The molecule has 6 heteroatoms. The van der Waals surface area contributed by atoms with Crippen molar-refractivity contribution in [3.63, 3.8) is 0 Å². The van der Waals surface area contributed by atoms with Gasteiger partial charge in [0.05, 0.1) is 26.2 Å². The second-order valence-corrected chi connectivity index (χ2v) is 3.86. The molecule has 0 radical (unpaired) electrons. The van der Waals surface area contributed by atoms with Gasteiger partial charge < -0.3 is 14.8 Å². The van der Waals surface area contributed by atoms with Crippen LogP contribution in [0.2, 0.25) is 0 Å². The van der Waals surface area contributed by atoms with E-state index >= 15 is 0 Å². The lowest BCUT2D eigenvalue weighted by Crippen LogP contribution is -2.16. The largest absolute Gasteiger partial charge is 0.497 e. The second-order valence-electron chi connectivity index (χ2n) is 3.86. The van der Waals surface area contributed by atoms with E-state index < -0.39 is 5.91 Å². The van der Waals surface area contributed by atoms with Crippen LogP contribution < -0.4 is 10.1 Å². The Morgan fingerprint density at radius 1 is 1.29 bits per heavy atom. The smallest absolute Gasteiger partial charge is 0.269 e. The van der Waals surface area contributed by atoms with Crippen molar-refractivity contribution in [2.45, 2.75) is 13.3 Å². The summed E-state index contributed by atoms with van der Waals surface area (Å²) in [5.41, 5.74) is 0.315. The van der Waals surface area contributed by atoms with Gasteiger partial charge in [-0.05, 0) is 31.2 Å². The Labute approximate surface area is 123 Å². The van der Waals surface area contributed by atoms with Gasteiger partial charge in [0.2, 0.25) is 0 Å². The Morgan fingerprint density at radius 3 is 2.43 bits per heavy atom. The monoisotopic (exact) mass is 285 g/mol. The molecule has 1 amide bonds. The van der Waals surface area contributed by atoms with Gasteiger partial charge in [-0.2, -0.15) is 10.5 Å². The highest BCUT2D eigenvalue weighted by Gasteiger charge is 2.17. The summed E-state index contributed by atoms with van der Waals surface area (Å²) >= 11 is 0. The third kappa shape index (κ3) is 4.55.